The van der Waals surface area contributed by atoms with Gasteiger partial charge in [-0.1, -0.05) is 19.1 Å². The van der Waals surface area contributed by atoms with E-state index in [9.17, 15) is 14.4 Å². The summed E-state index contributed by atoms with van der Waals surface area (Å²) in [5.74, 6) is 0.532. The average molecular weight is 315 g/mol. The first-order valence-electron chi connectivity index (χ1n) is 7.95. The highest BCUT2D eigenvalue weighted by molar-refractivity contribution is 5.80. The quantitative estimate of drug-likeness (QED) is 0.775. The van der Waals surface area contributed by atoms with Crippen molar-refractivity contribution in [1.29, 1.82) is 0 Å². The summed E-state index contributed by atoms with van der Waals surface area (Å²) in [6.45, 7) is 3.54. The fourth-order valence-electron chi connectivity index (χ4n) is 3.10. The predicted molar refractivity (Wildman–Crippen MR) is 88.4 cm³/mol. The molecule has 0 bridgehead atoms. The number of likely N-dealkylation sites (tertiary alicyclic amines) is 1. The van der Waals surface area contributed by atoms with Crippen LogP contribution in [0, 0.1) is 5.92 Å². The number of piperidine rings is 1. The van der Waals surface area contributed by atoms with E-state index in [4.69, 9.17) is 0 Å². The third kappa shape index (κ3) is 2.81. The Morgan fingerprint density at radius 2 is 1.70 bits per heavy atom. The topological polar surface area (TPSA) is 64.3 Å². The molecular weight excluding hydrogens is 294 g/mol. The molecule has 6 heteroatoms. The van der Waals surface area contributed by atoms with E-state index in [0.29, 0.717) is 17.0 Å². The molecule has 0 unspecified atom stereocenters. The van der Waals surface area contributed by atoms with Gasteiger partial charge in [0.1, 0.15) is 6.54 Å². The van der Waals surface area contributed by atoms with Crippen LogP contribution in [-0.4, -0.2) is 33.0 Å². The zero-order chi connectivity index (χ0) is 16.6. The predicted octanol–water partition coefficient (Wildman–Crippen LogP) is 0.959. The number of carbonyl (C=O) groups excluding carboxylic acids is 1. The van der Waals surface area contributed by atoms with Crippen LogP contribution in [0.2, 0.25) is 0 Å². The van der Waals surface area contributed by atoms with Crippen molar-refractivity contribution in [2.75, 3.05) is 13.1 Å². The highest BCUT2D eigenvalue weighted by atomic mass is 16.2. The summed E-state index contributed by atoms with van der Waals surface area (Å²) in [6.07, 6.45) is 1.97. The van der Waals surface area contributed by atoms with Crippen molar-refractivity contribution < 1.29 is 4.79 Å². The molecule has 6 nitrogen and oxygen atoms in total. The Labute approximate surface area is 133 Å². The lowest BCUT2D eigenvalue weighted by Gasteiger charge is -2.30. The second-order valence-corrected chi connectivity index (χ2v) is 6.31. The number of benzene rings is 1. The highest BCUT2D eigenvalue weighted by Crippen LogP contribution is 2.16. The molecule has 0 atom stereocenters. The van der Waals surface area contributed by atoms with Gasteiger partial charge in [-0.25, -0.2) is 0 Å². The van der Waals surface area contributed by atoms with Gasteiger partial charge >= 0.3 is 11.1 Å². The van der Waals surface area contributed by atoms with Crippen molar-refractivity contribution in [3.8, 4) is 0 Å². The van der Waals surface area contributed by atoms with E-state index < -0.39 is 11.1 Å². The standard InChI is InChI=1S/C17H21N3O3/c1-12-7-9-19(10-8-12)15(21)11-20-14-6-4-3-5-13(14)18(2)16(22)17(20)23/h3-6,12H,7-11H2,1-2H3. The highest BCUT2D eigenvalue weighted by Gasteiger charge is 2.22. The van der Waals surface area contributed by atoms with E-state index in [0.717, 1.165) is 25.9 Å². The molecule has 1 fully saturated rings. The van der Waals surface area contributed by atoms with Gasteiger partial charge in [0, 0.05) is 20.1 Å². The maximum absolute atomic E-state index is 12.5. The Hall–Kier alpha value is -2.37. The van der Waals surface area contributed by atoms with Crippen LogP contribution in [0.5, 0.6) is 0 Å². The number of aromatic nitrogens is 2. The molecule has 2 heterocycles. The number of hydrogen-bond donors (Lipinski definition) is 0. The van der Waals surface area contributed by atoms with Crippen LogP contribution >= 0.6 is 0 Å². The van der Waals surface area contributed by atoms with Crippen LogP contribution in [0.25, 0.3) is 11.0 Å². The molecule has 1 aliphatic heterocycles. The van der Waals surface area contributed by atoms with Gasteiger partial charge in [-0.05, 0) is 30.9 Å². The zero-order valence-corrected chi connectivity index (χ0v) is 13.5. The van der Waals surface area contributed by atoms with Gasteiger partial charge in [0.2, 0.25) is 5.91 Å². The fraction of sp³-hybridized carbons (Fsp3) is 0.471. The van der Waals surface area contributed by atoms with Crippen molar-refractivity contribution in [1.82, 2.24) is 14.0 Å². The summed E-state index contributed by atoms with van der Waals surface area (Å²) < 4.78 is 2.64. The maximum Gasteiger partial charge on any atom is 0.317 e. The lowest BCUT2D eigenvalue weighted by molar-refractivity contribution is -0.133. The number of fused-ring (bicyclic) bond motifs is 1. The number of nitrogens with zero attached hydrogens (tertiary/aromatic N) is 3. The van der Waals surface area contributed by atoms with Crippen LogP contribution in [0.1, 0.15) is 19.8 Å². The van der Waals surface area contributed by atoms with Gasteiger partial charge in [0.15, 0.2) is 0 Å². The Kier molecular flexibility index (Phi) is 4.07. The minimum absolute atomic E-state index is 0.0796. The van der Waals surface area contributed by atoms with E-state index in [-0.39, 0.29) is 12.5 Å². The average Bonchev–Trinajstić information content (AvgIpc) is 2.57. The van der Waals surface area contributed by atoms with Gasteiger partial charge in [0.25, 0.3) is 0 Å². The monoisotopic (exact) mass is 315 g/mol. The molecule has 3 rings (SSSR count). The molecule has 0 N–H and O–H groups in total. The second kappa shape index (κ2) is 6.02. The molecule has 23 heavy (non-hydrogen) atoms. The van der Waals surface area contributed by atoms with Crippen LogP contribution in [0.15, 0.2) is 33.9 Å². The number of rotatable bonds is 2. The number of hydrogen-bond acceptors (Lipinski definition) is 3. The minimum Gasteiger partial charge on any atom is -0.341 e. The molecule has 0 radical (unpaired) electrons. The van der Waals surface area contributed by atoms with E-state index in [1.165, 1.54) is 9.13 Å². The summed E-state index contributed by atoms with van der Waals surface area (Å²) in [7, 11) is 1.57. The Bertz CT molecular complexity index is 857. The van der Waals surface area contributed by atoms with Crippen molar-refractivity contribution >= 4 is 16.9 Å². The van der Waals surface area contributed by atoms with Crippen molar-refractivity contribution in [2.45, 2.75) is 26.3 Å². The molecule has 2 aromatic rings. The van der Waals surface area contributed by atoms with E-state index in [1.807, 2.05) is 6.07 Å². The van der Waals surface area contributed by atoms with E-state index in [1.54, 1.807) is 30.1 Å². The van der Waals surface area contributed by atoms with Crippen LogP contribution in [0.3, 0.4) is 0 Å². The SMILES string of the molecule is CC1CCN(C(=O)Cn2c(=O)c(=O)n(C)c3ccccc32)CC1. The van der Waals surface area contributed by atoms with Crippen LogP contribution in [-0.2, 0) is 18.4 Å². The fourth-order valence-corrected chi connectivity index (χ4v) is 3.10. The number of amides is 1. The summed E-state index contributed by atoms with van der Waals surface area (Å²) in [6, 6.07) is 7.15. The lowest BCUT2D eigenvalue weighted by atomic mass is 9.99. The molecule has 0 aliphatic carbocycles. The number of aryl methyl sites for hydroxylation is 1. The van der Waals surface area contributed by atoms with Gasteiger partial charge in [-0.2, -0.15) is 0 Å². The molecule has 1 aromatic heterocycles. The first kappa shape index (κ1) is 15.5. The molecule has 122 valence electrons. The summed E-state index contributed by atoms with van der Waals surface area (Å²) >= 11 is 0. The summed E-state index contributed by atoms with van der Waals surface area (Å²) in [4.78, 5) is 38.8. The molecule has 1 aliphatic rings. The van der Waals surface area contributed by atoms with E-state index >= 15 is 0 Å². The summed E-state index contributed by atoms with van der Waals surface area (Å²) in [5, 5.41) is 0. The molecular formula is C17H21N3O3. The Balaban J connectivity index is 1.99. The van der Waals surface area contributed by atoms with Crippen molar-refractivity contribution in [3.05, 3.63) is 45.0 Å². The molecule has 0 spiro atoms. The van der Waals surface area contributed by atoms with Gasteiger partial charge < -0.3 is 9.47 Å². The Morgan fingerprint density at radius 1 is 1.09 bits per heavy atom. The largest absolute Gasteiger partial charge is 0.341 e. The third-order valence-corrected chi connectivity index (χ3v) is 4.70. The first-order valence-corrected chi connectivity index (χ1v) is 7.95. The van der Waals surface area contributed by atoms with Crippen LogP contribution < -0.4 is 11.1 Å². The van der Waals surface area contributed by atoms with E-state index in [2.05, 4.69) is 6.92 Å². The van der Waals surface area contributed by atoms with Crippen LogP contribution in [0.4, 0.5) is 0 Å². The molecule has 1 amide bonds. The zero-order valence-electron chi connectivity index (χ0n) is 13.5. The number of para-hydroxylation sites is 2. The van der Waals surface area contributed by atoms with Gasteiger partial charge in [-0.3, -0.25) is 19.0 Å². The third-order valence-electron chi connectivity index (χ3n) is 4.70. The van der Waals surface area contributed by atoms with Gasteiger partial charge in [-0.15, -0.1) is 0 Å². The molecule has 0 saturated carbocycles. The normalized spacial score (nSPS) is 16.0. The van der Waals surface area contributed by atoms with Gasteiger partial charge in [0.05, 0.1) is 11.0 Å². The lowest BCUT2D eigenvalue weighted by Crippen LogP contribution is -2.45. The van der Waals surface area contributed by atoms with Crippen molar-refractivity contribution in [2.24, 2.45) is 13.0 Å². The van der Waals surface area contributed by atoms with Crippen molar-refractivity contribution in [3.63, 3.8) is 0 Å². The maximum atomic E-state index is 12.5. The minimum atomic E-state index is -0.648. The summed E-state index contributed by atoms with van der Waals surface area (Å²) in [5.41, 5.74) is 0.00388. The first-order chi connectivity index (χ1) is 11.0. The molecule has 1 aromatic carbocycles. The molecule has 1 saturated heterocycles. The number of carbonyl (C=O) groups is 1. The Morgan fingerprint density at radius 3 is 2.35 bits per heavy atom. The smallest absolute Gasteiger partial charge is 0.317 e. The second-order valence-electron chi connectivity index (χ2n) is 6.31.